The zero-order chi connectivity index (χ0) is 22.0. The highest BCUT2D eigenvalue weighted by Gasteiger charge is 2.18. The van der Waals surface area contributed by atoms with Gasteiger partial charge in [0.25, 0.3) is 5.78 Å². The molecule has 0 spiro atoms. The van der Waals surface area contributed by atoms with Crippen molar-refractivity contribution < 1.29 is 9.53 Å². The van der Waals surface area contributed by atoms with Gasteiger partial charge in [0.1, 0.15) is 5.75 Å². The molecule has 0 fully saturated rings. The number of hydrogen-bond donors (Lipinski definition) is 1. The fourth-order valence-corrected chi connectivity index (χ4v) is 3.65. The summed E-state index contributed by atoms with van der Waals surface area (Å²) >= 11 is 6.30. The van der Waals surface area contributed by atoms with Crippen LogP contribution in [0, 0.1) is 13.8 Å². The van der Waals surface area contributed by atoms with Crippen LogP contribution < -0.4 is 10.1 Å². The Labute approximate surface area is 185 Å². The Morgan fingerprint density at radius 3 is 2.61 bits per heavy atom. The third-order valence-corrected chi connectivity index (χ3v) is 5.29. The number of aromatic nitrogens is 4. The summed E-state index contributed by atoms with van der Waals surface area (Å²) in [6.45, 7) is 6.20. The van der Waals surface area contributed by atoms with Gasteiger partial charge in [-0.15, -0.1) is 5.10 Å². The van der Waals surface area contributed by atoms with E-state index in [0.29, 0.717) is 34.7 Å². The Balaban J connectivity index is 1.64. The Morgan fingerprint density at radius 2 is 1.84 bits per heavy atom. The summed E-state index contributed by atoms with van der Waals surface area (Å²) in [4.78, 5) is 21.9. The van der Waals surface area contributed by atoms with Gasteiger partial charge in [-0.1, -0.05) is 35.9 Å². The second-order valence-electron chi connectivity index (χ2n) is 7.04. The third-order valence-electron chi connectivity index (χ3n) is 4.96. The van der Waals surface area contributed by atoms with E-state index >= 15 is 0 Å². The lowest BCUT2D eigenvalue weighted by atomic mass is 10.1. The molecule has 2 aromatic heterocycles. The van der Waals surface area contributed by atoms with Crippen molar-refractivity contribution >= 4 is 29.0 Å². The first kappa shape index (κ1) is 20.8. The van der Waals surface area contributed by atoms with Gasteiger partial charge in [0.2, 0.25) is 5.91 Å². The molecule has 0 saturated heterocycles. The van der Waals surface area contributed by atoms with E-state index in [1.165, 1.54) is 0 Å². The highest BCUT2D eigenvalue weighted by Crippen LogP contribution is 2.27. The van der Waals surface area contributed by atoms with Crippen molar-refractivity contribution in [1.82, 2.24) is 19.6 Å². The minimum absolute atomic E-state index is 0.155. The molecule has 8 heteroatoms. The number of para-hydroxylation sites is 2. The van der Waals surface area contributed by atoms with Crippen LogP contribution in [-0.2, 0) is 11.2 Å². The molecule has 0 unspecified atom stereocenters. The lowest BCUT2D eigenvalue weighted by Gasteiger charge is -2.13. The molecule has 0 bridgehead atoms. The van der Waals surface area contributed by atoms with Crippen molar-refractivity contribution in [1.29, 1.82) is 0 Å². The van der Waals surface area contributed by atoms with Gasteiger partial charge >= 0.3 is 0 Å². The molecule has 2 heterocycles. The van der Waals surface area contributed by atoms with E-state index in [1.807, 2.05) is 63.2 Å². The van der Waals surface area contributed by atoms with Crippen LogP contribution in [-0.4, -0.2) is 32.1 Å². The molecule has 0 saturated carbocycles. The van der Waals surface area contributed by atoms with Crippen molar-refractivity contribution in [2.45, 2.75) is 27.2 Å². The first-order valence-corrected chi connectivity index (χ1v) is 10.3. The number of carbonyl (C=O) groups is 1. The zero-order valence-corrected chi connectivity index (χ0v) is 18.3. The summed E-state index contributed by atoms with van der Waals surface area (Å²) in [6, 6.07) is 14.8. The van der Waals surface area contributed by atoms with Gasteiger partial charge in [-0.25, -0.2) is 9.50 Å². The monoisotopic (exact) mass is 435 g/mol. The zero-order valence-electron chi connectivity index (χ0n) is 17.5. The average molecular weight is 436 g/mol. The minimum atomic E-state index is -0.161. The summed E-state index contributed by atoms with van der Waals surface area (Å²) in [7, 11) is 0. The van der Waals surface area contributed by atoms with Crippen LogP contribution >= 0.6 is 11.6 Å². The standard InChI is InChI=1S/C23H22ClN5O2/c1-4-31-20-12-8-7-11-19(20)26-21(30)13-17-14(2)25-23-27-22(28-29(23)15(17)3)16-9-5-6-10-18(16)24/h5-12H,4,13H2,1-3H3,(H,26,30). The second-order valence-corrected chi connectivity index (χ2v) is 7.45. The van der Waals surface area contributed by atoms with Crippen LogP contribution in [0.25, 0.3) is 17.2 Å². The number of benzene rings is 2. The Hall–Kier alpha value is -3.45. The predicted molar refractivity (Wildman–Crippen MR) is 121 cm³/mol. The molecule has 0 aliphatic rings. The number of aryl methyl sites for hydroxylation is 2. The molecule has 7 nitrogen and oxygen atoms in total. The van der Waals surface area contributed by atoms with E-state index < -0.39 is 0 Å². The van der Waals surface area contributed by atoms with Crippen LogP contribution in [0.1, 0.15) is 23.9 Å². The SMILES string of the molecule is CCOc1ccccc1NC(=O)Cc1c(C)nc2nc(-c3ccccc3Cl)nn2c1C. The third kappa shape index (κ3) is 4.22. The van der Waals surface area contributed by atoms with Crippen LogP contribution in [0.15, 0.2) is 48.5 Å². The highest BCUT2D eigenvalue weighted by atomic mass is 35.5. The second kappa shape index (κ2) is 8.73. The lowest BCUT2D eigenvalue weighted by Crippen LogP contribution is -2.18. The molecule has 2 aromatic carbocycles. The van der Waals surface area contributed by atoms with Crippen LogP contribution in [0.4, 0.5) is 5.69 Å². The van der Waals surface area contributed by atoms with Gasteiger partial charge in [-0.05, 0) is 45.0 Å². The number of nitrogens with zero attached hydrogens (tertiary/aromatic N) is 4. The maximum absolute atomic E-state index is 12.8. The average Bonchev–Trinajstić information content (AvgIpc) is 3.17. The maximum Gasteiger partial charge on any atom is 0.253 e. The van der Waals surface area contributed by atoms with Gasteiger partial charge in [-0.3, -0.25) is 4.79 Å². The van der Waals surface area contributed by atoms with Gasteiger partial charge in [0, 0.05) is 22.5 Å². The Bertz CT molecular complexity index is 1270. The van der Waals surface area contributed by atoms with Crippen molar-refractivity contribution in [2.75, 3.05) is 11.9 Å². The Morgan fingerprint density at radius 1 is 1.10 bits per heavy atom. The van der Waals surface area contributed by atoms with E-state index in [9.17, 15) is 4.79 Å². The molecule has 0 aliphatic heterocycles. The lowest BCUT2D eigenvalue weighted by molar-refractivity contribution is -0.115. The van der Waals surface area contributed by atoms with Crippen LogP contribution in [0.3, 0.4) is 0 Å². The molecule has 0 radical (unpaired) electrons. The van der Waals surface area contributed by atoms with Gasteiger partial charge < -0.3 is 10.1 Å². The van der Waals surface area contributed by atoms with E-state index in [-0.39, 0.29) is 12.3 Å². The summed E-state index contributed by atoms with van der Waals surface area (Å²) in [6.07, 6.45) is 0.155. The fraction of sp³-hybridized carbons (Fsp3) is 0.217. The van der Waals surface area contributed by atoms with E-state index in [4.69, 9.17) is 16.3 Å². The topological polar surface area (TPSA) is 81.4 Å². The van der Waals surface area contributed by atoms with Gasteiger partial charge in [-0.2, -0.15) is 4.98 Å². The van der Waals surface area contributed by atoms with Crippen LogP contribution in [0.5, 0.6) is 5.75 Å². The number of rotatable bonds is 6. The normalized spacial score (nSPS) is 11.0. The molecule has 4 aromatic rings. The number of fused-ring (bicyclic) bond motifs is 1. The quantitative estimate of drug-likeness (QED) is 0.477. The summed E-state index contributed by atoms with van der Waals surface area (Å²) in [5, 5.41) is 8.08. The number of halogens is 1. The first-order valence-electron chi connectivity index (χ1n) is 9.97. The molecule has 158 valence electrons. The van der Waals surface area contributed by atoms with E-state index in [1.54, 1.807) is 10.6 Å². The first-order chi connectivity index (χ1) is 15.0. The van der Waals surface area contributed by atoms with Crippen molar-refractivity contribution in [3.05, 3.63) is 70.5 Å². The number of hydrogen-bond acceptors (Lipinski definition) is 5. The number of ether oxygens (including phenoxy) is 1. The number of amides is 1. The van der Waals surface area contributed by atoms with Gasteiger partial charge in [0.05, 0.1) is 23.7 Å². The molecule has 1 amide bonds. The highest BCUT2D eigenvalue weighted by molar-refractivity contribution is 6.33. The minimum Gasteiger partial charge on any atom is -0.492 e. The van der Waals surface area contributed by atoms with Crippen molar-refractivity contribution in [3.63, 3.8) is 0 Å². The van der Waals surface area contributed by atoms with E-state index in [2.05, 4.69) is 20.4 Å². The molecular formula is C23H22ClN5O2. The largest absolute Gasteiger partial charge is 0.492 e. The smallest absolute Gasteiger partial charge is 0.253 e. The maximum atomic E-state index is 12.8. The molecule has 4 rings (SSSR count). The molecule has 1 N–H and O–H groups in total. The number of nitrogens with one attached hydrogen (secondary N) is 1. The summed E-state index contributed by atoms with van der Waals surface area (Å²) in [5.74, 6) is 1.44. The number of anilines is 1. The summed E-state index contributed by atoms with van der Waals surface area (Å²) < 4.78 is 7.24. The van der Waals surface area contributed by atoms with Crippen molar-refractivity contribution in [2.24, 2.45) is 0 Å². The molecule has 0 atom stereocenters. The molecule has 31 heavy (non-hydrogen) atoms. The molecule has 0 aliphatic carbocycles. The summed E-state index contributed by atoms with van der Waals surface area (Å²) in [5.41, 5.74) is 3.71. The Kier molecular flexibility index (Phi) is 5.86. The van der Waals surface area contributed by atoms with E-state index in [0.717, 1.165) is 22.5 Å². The fourth-order valence-electron chi connectivity index (χ4n) is 3.43. The predicted octanol–water partition coefficient (Wildman–Crippen LogP) is 4.64. The van der Waals surface area contributed by atoms with Crippen LogP contribution in [0.2, 0.25) is 5.02 Å². The number of carbonyl (C=O) groups excluding carboxylic acids is 1. The van der Waals surface area contributed by atoms with Gasteiger partial charge in [0.15, 0.2) is 5.82 Å². The molecular weight excluding hydrogens is 414 g/mol. The van der Waals surface area contributed by atoms with Crippen molar-refractivity contribution in [3.8, 4) is 17.1 Å².